The third-order valence-electron chi connectivity index (χ3n) is 2.87. The maximum atomic E-state index is 12.0. The van der Waals surface area contributed by atoms with Gasteiger partial charge in [-0.3, -0.25) is 4.90 Å². The van der Waals surface area contributed by atoms with Gasteiger partial charge in [0.2, 0.25) is 0 Å². The van der Waals surface area contributed by atoms with Crippen molar-refractivity contribution >= 4 is 12.1 Å². The van der Waals surface area contributed by atoms with Crippen LogP contribution in [0.4, 0.5) is 4.79 Å². The molecule has 1 rings (SSSR count). The molecule has 0 saturated carbocycles. The molecule has 1 aliphatic heterocycles. The van der Waals surface area contributed by atoms with Crippen LogP contribution in [0.5, 0.6) is 0 Å². The largest absolute Gasteiger partial charge is 0.480 e. The first kappa shape index (κ1) is 19.7. The summed E-state index contributed by atoms with van der Waals surface area (Å²) in [5, 5.41) is 9.24. The highest BCUT2D eigenvalue weighted by Crippen LogP contribution is 2.22. The quantitative estimate of drug-likeness (QED) is 0.867. The second-order valence-electron chi connectivity index (χ2n) is 5.63. The lowest BCUT2D eigenvalue weighted by atomic mass is 10.00. The van der Waals surface area contributed by atoms with Gasteiger partial charge in [-0.2, -0.15) is 0 Å². The van der Waals surface area contributed by atoms with Crippen molar-refractivity contribution < 1.29 is 24.2 Å². The van der Waals surface area contributed by atoms with Gasteiger partial charge in [0, 0.05) is 19.6 Å². The number of ether oxygens (including phenoxy) is 2. The molecule has 2 unspecified atom stereocenters. The van der Waals surface area contributed by atoms with E-state index in [-0.39, 0.29) is 6.10 Å². The fraction of sp³-hybridized carbons (Fsp3) is 0.867. The van der Waals surface area contributed by atoms with E-state index in [1.54, 1.807) is 20.8 Å². The lowest BCUT2D eigenvalue weighted by Gasteiger charge is -2.37. The van der Waals surface area contributed by atoms with Crippen LogP contribution in [-0.4, -0.2) is 53.0 Å². The molecule has 1 amide bonds. The van der Waals surface area contributed by atoms with Crippen LogP contribution in [-0.2, 0) is 14.3 Å². The Morgan fingerprint density at radius 2 is 1.86 bits per heavy atom. The Morgan fingerprint density at radius 1 is 1.29 bits per heavy atom. The van der Waals surface area contributed by atoms with E-state index < -0.39 is 23.7 Å². The van der Waals surface area contributed by atoms with Crippen molar-refractivity contribution in [1.29, 1.82) is 0 Å². The maximum Gasteiger partial charge on any atom is 0.411 e. The number of rotatable bonds is 3. The van der Waals surface area contributed by atoms with Gasteiger partial charge in [0.05, 0.1) is 6.10 Å². The Labute approximate surface area is 127 Å². The lowest BCUT2D eigenvalue weighted by Crippen LogP contribution is -2.53. The van der Waals surface area contributed by atoms with Gasteiger partial charge in [0.25, 0.3) is 0 Å². The predicted octanol–water partition coefficient (Wildman–Crippen LogP) is 2.90. The molecule has 1 aliphatic rings. The molecule has 21 heavy (non-hydrogen) atoms. The molecule has 0 aromatic heterocycles. The van der Waals surface area contributed by atoms with Crippen LogP contribution in [0.25, 0.3) is 0 Å². The first-order valence-electron chi connectivity index (χ1n) is 7.58. The fourth-order valence-corrected chi connectivity index (χ4v) is 2.09. The third-order valence-corrected chi connectivity index (χ3v) is 2.87. The summed E-state index contributed by atoms with van der Waals surface area (Å²) in [7, 11) is 0. The number of carbonyl (C=O) groups excluding carboxylic acids is 1. The average molecular weight is 303 g/mol. The second kappa shape index (κ2) is 8.87. The van der Waals surface area contributed by atoms with Crippen LogP contribution in [0.3, 0.4) is 0 Å². The molecule has 1 heterocycles. The van der Waals surface area contributed by atoms with E-state index in [1.165, 1.54) is 4.90 Å². The molecule has 6 heteroatoms. The first-order chi connectivity index (χ1) is 9.74. The summed E-state index contributed by atoms with van der Waals surface area (Å²) in [5.74, 6) is -1.02. The van der Waals surface area contributed by atoms with Gasteiger partial charge in [-0.05, 0) is 34.1 Å². The average Bonchev–Trinajstić information content (AvgIpc) is 2.39. The Hall–Kier alpha value is -1.30. The molecule has 0 aromatic rings. The van der Waals surface area contributed by atoms with Crippen molar-refractivity contribution in [2.24, 2.45) is 0 Å². The van der Waals surface area contributed by atoms with Crippen LogP contribution < -0.4 is 0 Å². The molecule has 6 nitrogen and oxygen atoms in total. The summed E-state index contributed by atoms with van der Waals surface area (Å²) < 4.78 is 10.7. The normalized spacial score (nSPS) is 22.1. The highest BCUT2D eigenvalue weighted by molar-refractivity contribution is 5.80. The van der Waals surface area contributed by atoms with E-state index in [2.05, 4.69) is 0 Å². The van der Waals surface area contributed by atoms with Crippen LogP contribution in [0.2, 0.25) is 0 Å². The topological polar surface area (TPSA) is 76.1 Å². The van der Waals surface area contributed by atoms with Gasteiger partial charge in [0.1, 0.15) is 11.6 Å². The highest BCUT2D eigenvalue weighted by Gasteiger charge is 2.38. The lowest BCUT2D eigenvalue weighted by molar-refractivity contribution is -0.147. The smallest absolute Gasteiger partial charge is 0.411 e. The van der Waals surface area contributed by atoms with Crippen molar-refractivity contribution in [3.8, 4) is 0 Å². The summed E-state index contributed by atoms with van der Waals surface area (Å²) in [6.07, 6.45) is 0.263. The predicted molar refractivity (Wildman–Crippen MR) is 80.4 cm³/mol. The summed E-state index contributed by atoms with van der Waals surface area (Å²) >= 11 is 0. The minimum Gasteiger partial charge on any atom is -0.480 e. The SMILES string of the molecule is CC.CCOC1CCN(C(=O)OC(C)(C)C)C(C(=O)O)C1. The zero-order chi connectivity index (χ0) is 16.6. The van der Waals surface area contributed by atoms with E-state index >= 15 is 0 Å². The summed E-state index contributed by atoms with van der Waals surface area (Å²) in [6, 6.07) is -0.875. The third kappa shape index (κ3) is 6.80. The van der Waals surface area contributed by atoms with Crippen molar-refractivity contribution in [1.82, 2.24) is 4.90 Å². The number of carbonyl (C=O) groups is 2. The number of likely N-dealkylation sites (tertiary alicyclic amines) is 1. The molecule has 2 atom stereocenters. The molecule has 0 bridgehead atoms. The highest BCUT2D eigenvalue weighted by atomic mass is 16.6. The molecular formula is C15H29NO5. The van der Waals surface area contributed by atoms with E-state index in [0.717, 1.165) is 0 Å². The monoisotopic (exact) mass is 303 g/mol. The molecule has 0 radical (unpaired) electrons. The first-order valence-corrected chi connectivity index (χ1v) is 7.58. The van der Waals surface area contributed by atoms with Crippen molar-refractivity contribution in [2.75, 3.05) is 13.2 Å². The van der Waals surface area contributed by atoms with Crippen molar-refractivity contribution in [2.45, 2.75) is 72.1 Å². The Bertz CT molecular complexity index is 337. The van der Waals surface area contributed by atoms with E-state index in [9.17, 15) is 14.7 Å². The molecule has 0 spiro atoms. The molecular weight excluding hydrogens is 274 g/mol. The van der Waals surface area contributed by atoms with E-state index in [0.29, 0.717) is 26.0 Å². The number of hydrogen-bond donors (Lipinski definition) is 1. The minimum absolute atomic E-state index is 0.107. The molecule has 1 fully saturated rings. The minimum atomic E-state index is -1.02. The molecule has 0 aliphatic carbocycles. The van der Waals surface area contributed by atoms with Crippen LogP contribution >= 0.6 is 0 Å². The van der Waals surface area contributed by atoms with Gasteiger partial charge in [0.15, 0.2) is 0 Å². The zero-order valence-electron chi connectivity index (χ0n) is 14.0. The summed E-state index contributed by atoms with van der Waals surface area (Å²) in [6.45, 7) is 12.0. The fourth-order valence-electron chi connectivity index (χ4n) is 2.09. The molecule has 1 saturated heterocycles. The van der Waals surface area contributed by atoms with Gasteiger partial charge in [-0.1, -0.05) is 13.8 Å². The number of aliphatic carboxylic acids is 1. The summed E-state index contributed by atoms with van der Waals surface area (Å²) in [4.78, 5) is 24.6. The van der Waals surface area contributed by atoms with Gasteiger partial charge in [-0.25, -0.2) is 9.59 Å². The number of amides is 1. The molecule has 1 N–H and O–H groups in total. The maximum absolute atomic E-state index is 12.0. The van der Waals surface area contributed by atoms with Crippen molar-refractivity contribution in [3.05, 3.63) is 0 Å². The van der Waals surface area contributed by atoms with Crippen LogP contribution in [0.1, 0.15) is 54.4 Å². The Morgan fingerprint density at radius 3 is 2.29 bits per heavy atom. The number of carboxylic acids is 1. The van der Waals surface area contributed by atoms with Gasteiger partial charge in [-0.15, -0.1) is 0 Å². The zero-order valence-corrected chi connectivity index (χ0v) is 14.0. The van der Waals surface area contributed by atoms with Gasteiger partial charge < -0.3 is 14.6 Å². The van der Waals surface area contributed by atoms with Gasteiger partial charge >= 0.3 is 12.1 Å². The number of piperidine rings is 1. The van der Waals surface area contributed by atoms with Crippen LogP contribution in [0, 0.1) is 0 Å². The second-order valence-corrected chi connectivity index (χ2v) is 5.63. The Balaban J connectivity index is 0.00000191. The standard InChI is InChI=1S/C13H23NO5.C2H6/c1-5-18-9-6-7-14(10(8-9)11(15)16)12(17)19-13(2,3)4;1-2/h9-10H,5-8H2,1-4H3,(H,15,16);1-2H3. The van der Waals surface area contributed by atoms with Crippen molar-refractivity contribution in [3.63, 3.8) is 0 Å². The summed E-state index contributed by atoms with van der Waals surface area (Å²) in [5.41, 5.74) is -0.628. The molecule has 0 aromatic carbocycles. The number of carboxylic acid groups (broad SMARTS) is 1. The van der Waals surface area contributed by atoms with Crippen LogP contribution in [0.15, 0.2) is 0 Å². The Kier molecular flexibility index (Phi) is 8.32. The molecule has 124 valence electrons. The van der Waals surface area contributed by atoms with E-state index in [4.69, 9.17) is 9.47 Å². The van der Waals surface area contributed by atoms with E-state index in [1.807, 2.05) is 20.8 Å². The number of hydrogen-bond acceptors (Lipinski definition) is 4. The number of nitrogens with zero attached hydrogens (tertiary/aromatic N) is 1.